The van der Waals surface area contributed by atoms with Gasteiger partial charge in [-0.05, 0) is 25.1 Å². The predicted octanol–water partition coefficient (Wildman–Crippen LogP) is 2.46. The van der Waals surface area contributed by atoms with E-state index < -0.39 is 0 Å². The molecule has 4 rings (SSSR count). The topological polar surface area (TPSA) is 51.6 Å². The number of benzene rings is 1. The fourth-order valence-electron chi connectivity index (χ4n) is 3.60. The van der Waals surface area contributed by atoms with Crippen molar-refractivity contribution in [3.05, 3.63) is 30.0 Å². The van der Waals surface area contributed by atoms with E-state index in [4.69, 9.17) is 14.6 Å². The second-order valence-corrected chi connectivity index (χ2v) is 6.98. The summed E-state index contributed by atoms with van der Waals surface area (Å²) in [6.45, 7) is 7.74. The van der Waals surface area contributed by atoms with Crippen LogP contribution in [0.2, 0.25) is 0 Å². The molecular weight excluding hydrogens is 352 g/mol. The summed E-state index contributed by atoms with van der Waals surface area (Å²) in [5, 5.41) is 8.21. The number of ether oxygens (including phenoxy) is 2. The number of hydrogen-bond acceptors (Lipinski definition) is 5. The zero-order chi connectivity index (χ0) is 17.2. The Labute approximate surface area is 160 Å². The first kappa shape index (κ1) is 19.0. The average molecular weight is 379 g/mol. The van der Waals surface area contributed by atoms with Crippen molar-refractivity contribution >= 4 is 12.4 Å². The molecule has 7 heteroatoms. The third-order valence-corrected chi connectivity index (χ3v) is 4.77. The molecule has 1 atom stereocenters. The maximum atomic E-state index is 5.84. The van der Waals surface area contributed by atoms with Crippen LogP contribution >= 0.6 is 12.4 Å². The number of aryl methyl sites for hydroxylation is 1. The highest BCUT2D eigenvalue weighted by Crippen LogP contribution is 2.35. The van der Waals surface area contributed by atoms with Gasteiger partial charge >= 0.3 is 0 Å². The molecule has 1 saturated heterocycles. The van der Waals surface area contributed by atoms with E-state index in [9.17, 15) is 0 Å². The summed E-state index contributed by atoms with van der Waals surface area (Å²) in [5.74, 6) is 1.65. The SMILES string of the molecule is C[C@@H]1CN(Cc2cn(C)nc2-c2ccc3c(c2)OCCCO3)CCN1.Cl. The van der Waals surface area contributed by atoms with Gasteiger partial charge in [0.1, 0.15) is 0 Å². The highest BCUT2D eigenvalue weighted by molar-refractivity contribution is 5.85. The molecule has 2 aromatic rings. The Morgan fingerprint density at radius 2 is 2.04 bits per heavy atom. The van der Waals surface area contributed by atoms with Crippen LogP contribution in [0.1, 0.15) is 18.9 Å². The summed E-state index contributed by atoms with van der Waals surface area (Å²) in [5.41, 5.74) is 3.37. The van der Waals surface area contributed by atoms with Crippen molar-refractivity contribution in [1.29, 1.82) is 0 Å². The molecule has 142 valence electrons. The van der Waals surface area contributed by atoms with E-state index in [2.05, 4.69) is 35.5 Å². The molecule has 0 spiro atoms. The summed E-state index contributed by atoms with van der Waals surface area (Å²) < 4.78 is 13.5. The Kier molecular flexibility index (Phi) is 6.06. The summed E-state index contributed by atoms with van der Waals surface area (Å²) in [4.78, 5) is 2.49. The van der Waals surface area contributed by atoms with Gasteiger partial charge in [0.2, 0.25) is 0 Å². The molecule has 0 amide bonds. The minimum absolute atomic E-state index is 0. The largest absolute Gasteiger partial charge is 0.490 e. The van der Waals surface area contributed by atoms with Gasteiger partial charge in [-0.2, -0.15) is 5.10 Å². The molecule has 0 saturated carbocycles. The highest BCUT2D eigenvalue weighted by atomic mass is 35.5. The molecule has 1 N–H and O–H groups in total. The summed E-state index contributed by atoms with van der Waals surface area (Å²) in [7, 11) is 1.98. The van der Waals surface area contributed by atoms with Gasteiger partial charge < -0.3 is 14.8 Å². The van der Waals surface area contributed by atoms with Gasteiger partial charge in [0.05, 0.1) is 18.9 Å². The number of nitrogens with one attached hydrogen (secondary N) is 1. The van der Waals surface area contributed by atoms with E-state index in [1.807, 2.05) is 17.8 Å². The van der Waals surface area contributed by atoms with Crippen molar-refractivity contribution < 1.29 is 9.47 Å². The lowest BCUT2D eigenvalue weighted by molar-refractivity contribution is 0.200. The molecule has 1 fully saturated rings. The van der Waals surface area contributed by atoms with Gasteiger partial charge in [-0.15, -0.1) is 12.4 Å². The maximum Gasteiger partial charge on any atom is 0.161 e. The van der Waals surface area contributed by atoms with E-state index in [0.717, 1.165) is 55.4 Å². The van der Waals surface area contributed by atoms with Crippen LogP contribution in [0, 0.1) is 0 Å². The Morgan fingerprint density at radius 3 is 2.85 bits per heavy atom. The van der Waals surface area contributed by atoms with Gasteiger partial charge in [-0.3, -0.25) is 9.58 Å². The average Bonchev–Trinajstić information content (AvgIpc) is 2.81. The second kappa shape index (κ2) is 8.29. The number of nitrogens with zero attached hydrogens (tertiary/aromatic N) is 3. The van der Waals surface area contributed by atoms with Crippen molar-refractivity contribution in [2.45, 2.75) is 25.9 Å². The van der Waals surface area contributed by atoms with Gasteiger partial charge in [-0.25, -0.2) is 0 Å². The molecule has 2 aliphatic heterocycles. The van der Waals surface area contributed by atoms with Crippen LogP contribution in [-0.4, -0.2) is 53.6 Å². The maximum absolute atomic E-state index is 5.84. The zero-order valence-corrected chi connectivity index (χ0v) is 16.2. The zero-order valence-electron chi connectivity index (χ0n) is 15.4. The van der Waals surface area contributed by atoms with Crippen LogP contribution in [0.25, 0.3) is 11.3 Å². The second-order valence-electron chi connectivity index (χ2n) is 6.98. The van der Waals surface area contributed by atoms with Crippen molar-refractivity contribution in [3.8, 4) is 22.8 Å². The fourth-order valence-corrected chi connectivity index (χ4v) is 3.60. The molecule has 0 bridgehead atoms. The van der Waals surface area contributed by atoms with Crippen LogP contribution in [-0.2, 0) is 13.6 Å². The first-order valence-electron chi connectivity index (χ1n) is 9.07. The lowest BCUT2D eigenvalue weighted by Gasteiger charge is -2.31. The van der Waals surface area contributed by atoms with Crippen LogP contribution in [0.3, 0.4) is 0 Å². The Bertz CT molecular complexity index is 749. The third-order valence-electron chi connectivity index (χ3n) is 4.77. The minimum Gasteiger partial charge on any atom is -0.490 e. The normalized spacial score (nSPS) is 20.3. The molecule has 1 aromatic heterocycles. The smallest absolute Gasteiger partial charge is 0.161 e. The molecule has 0 radical (unpaired) electrons. The monoisotopic (exact) mass is 378 g/mol. The summed E-state index contributed by atoms with van der Waals surface area (Å²) in [6.07, 6.45) is 3.05. The van der Waals surface area contributed by atoms with Crippen molar-refractivity contribution in [1.82, 2.24) is 20.0 Å². The Morgan fingerprint density at radius 1 is 1.23 bits per heavy atom. The van der Waals surface area contributed by atoms with Gasteiger partial charge in [0.15, 0.2) is 11.5 Å². The quantitative estimate of drug-likeness (QED) is 0.889. The molecule has 3 heterocycles. The number of piperazine rings is 1. The van der Waals surface area contributed by atoms with Crippen LogP contribution in [0.15, 0.2) is 24.4 Å². The summed E-state index contributed by atoms with van der Waals surface area (Å²) in [6, 6.07) is 6.68. The number of rotatable bonds is 3. The molecule has 0 unspecified atom stereocenters. The van der Waals surface area contributed by atoms with Gasteiger partial charge in [0, 0.05) is 63.0 Å². The Hall–Kier alpha value is -1.76. The van der Waals surface area contributed by atoms with Gasteiger partial charge in [-0.1, -0.05) is 0 Å². The first-order valence-corrected chi connectivity index (χ1v) is 9.07. The van der Waals surface area contributed by atoms with E-state index in [1.165, 1.54) is 5.56 Å². The molecular formula is C19H27ClN4O2. The van der Waals surface area contributed by atoms with E-state index in [-0.39, 0.29) is 12.4 Å². The number of hydrogen-bond donors (Lipinski definition) is 1. The van der Waals surface area contributed by atoms with Crippen LogP contribution < -0.4 is 14.8 Å². The molecule has 26 heavy (non-hydrogen) atoms. The number of aromatic nitrogens is 2. The standard InChI is InChI=1S/C19H26N4O2.ClH/c1-14-11-23(7-6-20-14)13-16-12-22(2)21-19(16)15-4-5-17-18(10-15)25-9-3-8-24-17;/h4-5,10,12,14,20H,3,6-9,11,13H2,1-2H3;1H/t14-;/m1./s1. The fraction of sp³-hybridized carbons (Fsp3) is 0.526. The van der Waals surface area contributed by atoms with E-state index in [0.29, 0.717) is 19.3 Å². The third kappa shape index (κ3) is 4.14. The Balaban J connectivity index is 0.00000196. The molecule has 0 aliphatic carbocycles. The minimum atomic E-state index is 0. The first-order chi connectivity index (χ1) is 12.2. The van der Waals surface area contributed by atoms with E-state index >= 15 is 0 Å². The lowest BCUT2D eigenvalue weighted by atomic mass is 10.1. The number of halogens is 1. The van der Waals surface area contributed by atoms with Crippen LogP contribution in [0.5, 0.6) is 11.5 Å². The van der Waals surface area contributed by atoms with Crippen molar-refractivity contribution in [2.75, 3.05) is 32.8 Å². The highest BCUT2D eigenvalue weighted by Gasteiger charge is 2.20. The van der Waals surface area contributed by atoms with Crippen molar-refractivity contribution in [2.24, 2.45) is 7.05 Å². The molecule has 2 aliphatic rings. The predicted molar refractivity (Wildman–Crippen MR) is 104 cm³/mol. The van der Waals surface area contributed by atoms with E-state index in [1.54, 1.807) is 0 Å². The molecule has 1 aromatic carbocycles. The van der Waals surface area contributed by atoms with Crippen molar-refractivity contribution in [3.63, 3.8) is 0 Å². The van der Waals surface area contributed by atoms with Gasteiger partial charge in [0.25, 0.3) is 0 Å². The lowest BCUT2D eigenvalue weighted by Crippen LogP contribution is -2.48. The number of fused-ring (bicyclic) bond motifs is 1. The summed E-state index contributed by atoms with van der Waals surface area (Å²) >= 11 is 0. The molecule has 6 nitrogen and oxygen atoms in total. The van der Waals surface area contributed by atoms with Crippen LogP contribution in [0.4, 0.5) is 0 Å².